The molecule has 0 aliphatic carbocycles. The molecular weight excluding hydrogens is 287 g/mol. The van der Waals surface area contributed by atoms with Gasteiger partial charge in [-0.15, -0.1) is 0 Å². The molecule has 1 aliphatic rings. The Labute approximate surface area is 108 Å². The fraction of sp³-hybridized carbons (Fsp3) is 0.417. The molecule has 17 heavy (non-hydrogen) atoms. The van der Waals surface area contributed by atoms with Crippen molar-refractivity contribution in [3.63, 3.8) is 0 Å². The van der Waals surface area contributed by atoms with E-state index in [2.05, 4.69) is 15.9 Å². The third-order valence-electron chi connectivity index (χ3n) is 3.10. The average Bonchev–Trinajstić information content (AvgIpc) is 2.73. The van der Waals surface area contributed by atoms with Gasteiger partial charge in [0.1, 0.15) is 5.82 Å². The molecule has 0 bridgehead atoms. The molecule has 0 aromatic heterocycles. The molecule has 1 aliphatic heterocycles. The first-order valence-electron chi connectivity index (χ1n) is 5.56. The van der Waals surface area contributed by atoms with Crippen LogP contribution >= 0.6 is 15.9 Å². The quantitative estimate of drug-likeness (QED) is 0.928. The molecule has 0 saturated carbocycles. The zero-order chi connectivity index (χ0) is 12.4. The summed E-state index contributed by atoms with van der Waals surface area (Å²) in [6, 6.07) is 4.71. The van der Waals surface area contributed by atoms with Crippen LogP contribution in [0.15, 0.2) is 22.7 Å². The van der Waals surface area contributed by atoms with Gasteiger partial charge in [0, 0.05) is 6.54 Å². The first-order chi connectivity index (χ1) is 8.09. The molecule has 1 atom stereocenters. The Morgan fingerprint density at radius 2 is 2.35 bits per heavy atom. The van der Waals surface area contributed by atoms with Crippen molar-refractivity contribution >= 4 is 21.8 Å². The van der Waals surface area contributed by atoms with Crippen molar-refractivity contribution in [1.82, 2.24) is 4.90 Å². The molecule has 5 heteroatoms. The molecule has 2 rings (SSSR count). The Morgan fingerprint density at radius 3 is 3.06 bits per heavy atom. The smallest absolute Gasteiger partial charge is 0.234 e. The molecule has 1 saturated heterocycles. The number of rotatable bonds is 3. The third kappa shape index (κ3) is 2.66. The lowest BCUT2D eigenvalue weighted by atomic mass is 10.1. The van der Waals surface area contributed by atoms with Gasteiger partial charge in [-0.2, -0.15) is 0 Å². The highest BCUT2D eigenvalue weighted by Crippen LogP contribution is 2.25. The standard InChI is InChI=1S/C12H14BrFN2O/c13-11-8(3-1-4-9(11)14)7-16-6-2-5-10(16)12(15)17/h1,3-4,10H,2,5-7H2,(H2,15,17). The highest BCUT2D eigenvalue weighted by atomic mass is 79.9. The van der Waals surface area contributed by atoms with Gasteiger partial charge in [-0.05, 0) is 46.9 Å². The highest BCUT2D eigenvalue weighted by molar-refractivity contribution is 9.10. The number of likely N-dealkylation sites (tertiary alicyclic amines) is 1. The van der Waals surface area contributed by atoms with Gasteiger partial charge in [0.2, 0.25) is 5.91 Å². The number of benzene rings is 1. The molecule has 1 fully saturated rings. The van der Waals surface area contributed by atoms with Crippen molar-refractivity contribution < 1.29 is 9.18 Å². The minimum absolute atomic E-state index is 0.217. The van der Waals surface area contributed by atoms with E-state index in [-0.39, 0.29) is 17.8 Å². The van der Waals surface area contributed by atoms with Crippen molar-refractivity contribution in [2.75, 3.05) is 6.54 Å². The van der Waals surface area contributed by atoms with Gasteiger partial charge in [0.25, 0.3) is 0 Å². The largest absolute Gasteiger partial charge is 0.368 e. The average molecular weight is 301 g/mol. The fourth-order valence-corrected chi connectivity index (χ4v) is 2.62. The van der Waals surface area contributed by atoms with E-state index in [1.807, 2.05) is 11.0 Å². The van der Waals surface area contributed by atoms with Crippen LogP contribution < -0.4 is 5.73 Å². The van der Waals surface area contributed by atoms with E-state index in [4.69, 9.17) is 5.73 Å². The van der Waals surface area contributed by atoms with Gasteiger partial charge in [0.15, 0.2) is 0 Å². The Balaban J connectivity index is 2.15. The molecule has 2 N–H and O–H groups in total. The summed E-state index contributed by atoms with van der Waals surface area (Å²) in [7, 11) is 0. The summed E-state index contributed by atoms with van der Waals surface area (Å²) in [5.74, 6) is -0.577. The second-order valence-electron chi connectivity index (χ2n) is 4.24. The maximum atomic E-state index is 13.4. The third-order valence-corrected chi connectivity index (χ3v) is 3.99. The second kappa shape index (κ2) is 5.14. The first-order valence-corrected chi connectivity index (χ1v) is 6.35. The molecule has 1 aromatic carbocycles. The van der Waals surface area contributed by atoms with E-state index in [1.165, 1.54) is 6.07 Å². The van der Waals surface area contributed by atoms with Crippen LogP contribution in [-0.2, 0) is 11.3 Å². The number of hydrogen-bond acceptors (Lipinski definition) is 2. The number of carbonyl (C=O) groups excluding carboxylic acids is 1. The van der Waals surface area contributed by atoms with Crippen molar-refractivity contribution in [2.45, 2.75) is 25.4 Å². The lowest BCUT2D eigenvalue weighted by Crippen LogP contribution is -2.39. The van der Waals surface area contributed by atoms with Crippen LogP contribution in [-0.4, -0.2) is 23.4 Å². The number of amides is 1. The second-order valence-corrected chi connectivity index (χ2v) is 5.04. The van der Waals surface area contributed by atoms with Crippen LogP contribution in [0.25, 0.3) is 0 Å². The van der Waals surface area contributed by atoms with E-state index in [1.54, 1.807) is 6.07 Å². The minimum atomic E-state index is -0.296. The van der Waals surface area contributed by atoms with Crippen LogP contribution in [0.5, 0.6) is 0 Å². The van der Waals surface area contributed by atoms with E-state index in [0.29, 0.717) is 11.0 Å². The summed E-state index contributed by atoms with van der Waals surface area (Å²) in [6.45, 7) is 1.38. The van der Waals surface area contributed by atoms with Gasteiger partial charge >= 0.3 is 0 Å². The van der Waals surface area contributed by atoms with E-state index in [0.717, 1.165) is 24.9 Å². The normalized spacial score (nSPS) is 20.7. The molecular formula is C12H14BrFN2O. The maximum absolute atomic E-state index is 13.4. The number of hydrogen-bond donors (Lipinski definition) is 1. The summed E-state index contributed by atoms with van der Waals surface area (Å²) in [6.07, 6.45) is 1.75. The Hall–Kier alpha value is -0.940. The van der Waals surface area contributed by atoms with Gasteiger partial charge in [-0.3, -0.25) is 9.69 Å². The van der Waals surface area contributed by atoms with Gasteiger partial charge in [-0.25, -0.2) is 4.39 Å². The van der Waals surface area contributed by atoms with Crippen LogP contribution in [0, 0.1) is 5.82 Å². The molecule has 1 unspecified atom stereocenters. The van der Waals surface area contributed by atoms with Crippen molar-refractivity contribution in [3.8, 4) is 0 Å². The number of halogens is 2. The minimum Gasteiger partial charge on any atom is -0.368 e. The number of nitrogens with two attached hydrogens (primary N) is 1. The maximum Gasteiger partial charge on any atom is 0.234 e. The summed E-state index contributed by atoms with van der Waals surface area (Å²) >= 11 is 3.23. The zero-order valence-electron chi connectivity index (χ0n) is 9.33. The summed E-state index contributed by atoms with van der Waals surface area (Å²) in [5, 5.41) is 0. The first kappa shape index (κ1) is 12.5. The van der Waals surface area contributed by atoms with Crippen LogP contribution in [0.2, 0.25) is 0 Å². The Kier molecular flexibility index (Phi) is 3.79. The molecule has 1 aromatic rings. The van der Waals surface area contributed by atoms with Gasteiger partial charge in [-0.1, -0.05) is 12.1 Å². The van der Waals surface area contributed by atoms with Gasteiger partial charge in [0.05, 0.1) is 10.5 Å². The fourth-order valence-electron chi connectivity index (χ4n) is 2.23. The lowest BCUT2D eigenvalue weighted by Gasteiger charge is -2.22. The van der Waals surface area contributed by atoms with Crippen LogP contribution in [0.1, 0.15) is 18.4 Å². The summed E-state index contributed by atoms with van der Waals surface area (Å²) in [4.78, 5) is 13.3. The topological polar surface area (TPSA) is 46.3 Å². The molecule has 3 nitrogen and oxygen atoms in total. The van der Waals surface area contributed by atoms with E-state index < -0.39 is 0 Å². The van der Waals surface area contributed by atoms with Crippen molar-refractivity contribution in [1.29, 1.82) is 0 Å². The summed E-state index contributed by atoms with van der Waals surface area (Å²) < 4.78 is 13.8. The van der Waals surface area contributed by atoms with Crippen LogP contribution in [0.3, 0.4) is 0 Å². The molecule has 0 radical (unpaired) electrons. The highest BCUT2D eigenvalue weighted by Gasteiger charge is 2.29. The van der Waals surface area contributed by atoms with E-state index in [9.17, 15) is 9.18 Å². The molecule has 1 heterocycles. The monoisotopic (exact) mass is 300 g/mol. The van der Waals surface area contributed by atoms with Crippen LogP contribution in [0.4, 0.5) is 4.39 Å². The van der Waals surface area contributed by atoms with Crippen molar-refractivity contribution in [3.05, 3.63) is 34.1 Å². The number of carbonyl (C=O) groups is 1. The summed E-state index contributed by atoms with van der Waals surface area (Å²) in [5.41, 5.74) is 6.19. The predicted octanol–water partition coefficient (Wildman–Crippen LogP) is 2.04. The van der Waals surface area contributed by atoms with Crippen molar-refractivity contribution in [2.24, 2.45) is 5.73 Å². The lowest BCUT2D eigenvalue weighted by molar-refractivity contribution is -0.122. The van der Waals surface area contributed by atoms with Gasteiger partial charge < -0.3 is 5.73 Å². The Morgan fingerprint density at radius 1 is 1.59 bits per heavy atom. The number of nitrogens with zero attached hydrogens (tertiary/aromatic N) is 1. The molecule has 1 amide bonds. The molecule has 0 spiro atoms. The molecule has 92 valence electrons. The van der Waals surface area contributed by atoms with E-state index >= 15 is 0 Å². The zero-order valence-corrected chi connectivity index (χ0v) is 10.9. The SMILES string of the molecule is NC(=O)C1CCCN1Cc1cccc(F)c1Br. The number of primary amides is 1. The predicted molar refractivity (Wildman–Crippen MR) is 66.7 cm³/mol. The Bertz CT molecular complexity index is 439.